The van der Waals surface area contributed by atoms with Crippen LogP contribution in [0.4, 0.5) is 10.3 Å². The quantitative estimate of drug-likeness (QED) is 0.172. The summed E-state index contributed by atoms with van der Waals surface area (Å²) < 4.78 is 37.0. The molecule has 0 aliphatic rings. The van der Waals surface area contributed by atoms with Gasteiger partial charge < -0.3 is 29.0 Å². The largest absolute Gasteiger partial charge is 0.494 e. The van der Waals surface area contributed by atoms with E-state index in [2.05, 4.69) is 20.0 Å². The van der Waals surface area contributed by atoms with Crippen molar-refractivity contribution >= 4 is 31.4 Å². The van der Waals surface area contributed by atoms with Gasteiger partial charge in [-0.1, -0.05) is 19.9 Å². The van der Waals surface area contributed by atoms with E-state index in [4.69, 9.17) is 24.5 Å². The molecule has 1 unspecified atom stereocenters. The fraction of sp³-hybridized carbons (Fsp3) is 0.455. The van der Waals surface area contributed by atoms with Crippen LogP contribution in [0.5, 0.6) is 5.75 Å². The Morgan fingerprint density at radius 2 is 2.11 bits per heavy atom. The number of nitrogens with one attached hydrogen (secondary N) is 2. The summed E-state index contributed by atoms with van der Waals surface area (Å²) in [7, 11) is -0.0157. The molecule has 0 radical (unpaired) electrons. The van der Waals surface area contributed by atoms with Crippen LogP contribution >= 0.6 is 8.30 Å². The number of H-pyrrole nitrogens is 1. The molecule has 2 aromatic heterocycles. The van der Waals surface area contributed by atoms with Gasteiger partial charge in [-0.3, -0.25) is 19.7 Å². The van der Waals surface area contributed by atoms with Crippen LogP contribution in [0.15, 0.2) is 29.3 Å². The van der Waals surface area contributed by atoms with Gasteiger partial charge in [-0.25, -0.2) is 9.37 Å². The molecular weight excluding hydrogens is 494 g/mol. The van der Waals surface area contributed by atoms with Gasteiger partial charge in [0.15, 0.2) is 22.7 Å². The number of aromatic amines is 1. The van der Waals surface area contributed by atoms with Gasteiger partial charge in [0.2, 0.25) is 5.95 Å². The zero-order chi connectivity index (χ0) is 26.5. The Hall–Kier alpha value is -3.12. The SMILES string of the molecule is CC.CCOC(=O)CNP(COCCn1cnc2c(=O)[nH]c(N)nc21)OCc1ccc(OC)c(F)c1. The Morgan fingerprint density at radius 3 is 2.81 bits per heavy atom. The zero-order valence-corrected chi connectivity index (χ0v) is 21.6. The molecule has 1 atom stereocenters. The van der Waals surface area contributed by atoms with Crippen LogP contribution in [0.3, 0.4) is 0 Å². The van der Waals surface area contributed by atoms with E-state index >= 15 is 0 Å². The van der Waals surface area contributed by atoms with Gasteiger partial charge in [0, 0.05) is 6.54 Å². The van der Waals surface area contributed by atoms with Crippen LogP contribution in [0.2, 0.25) is 0 Å². The average Bonchev–Trinajstić information content (AvgIpc) is 3.27. The normalized spacial score (nSPS) is 11.6. The highest BCUT2D eigenvalue weighted by Gasteiger charge is 2.14. The lowest BCUT2D eigenvalue weighted by Gasteiger charge is -2.19. The Bertz CT molecular complexity index is 1170. The molecular formula is C22H32FN6O6P. The number of ether oxygens (including phenoxy) is 3. The van der Waals surface area contributed by atoms with E-state index in [-0.39, 0.29) is 49.9 Å². The van der Waals surface area contributed by atoms with E-state index in [1.807, 2.05) is 13.8 Å². The third-order valence-electron chi connectivity index (χ3n) is 4.49. The number of methoxy groups -OCH3 is 1. The first-order chi connectivity index (χ1) is 17.4. The third-order valence-corrected chi connectivity index (χ3v) is 5.86. The second-order valence-electron chi connectivity index (χ2n) is 6.86. The lowest BCUT2D eigenvalue weighted by atomic mass is 10.2. The third kappa shape index (κ3) is 8.52. The average molecular weight is 527 g/mol. The predicted molar refractivity (Wildman–Crippen MR) is 134 cm³/mol. The number of anilines is 1. The fourth-order valence-electron chi connectivity index (χ4n) is 2.89. The molecule has 3 rings (SSSR count). The highest BCUT2D eigenvalue weighted by Crippen LogP contribution is 2.33. The maximum atomic E-state index is 13.9. The number of nitrogens with two attached hydrogens (primary N) is 1. The second-order valence-corrected chi connectivity index (χ2v) is 8.45. The highest BCUT2D eigenvalue weighted by atomic mass is 31.2. The Kier molecular flexibility index (Phi) is 12.2. The molecule has 14 heteroatoms. The number of nitrogen functional groups attached to an aromatic ring is 1. The summed E-state index contributed by atoms with van der Waals surface area (Å²) in [4.78, 5) is 34.1. The van der Waals surface area contributed by atoms with Crippen molar-refractivity contribution in [1.29, 1.82) is 0 Å². The molecule has 1 aromatic carbocycles. The zero-order valence-electron chi connectivity index (χ0n) is 20.7. The molecule has 0 aliphatic carbocycles. The van der Waals surface area contributed by atoms with Crippen molar-refractivity contribution in [2.45, 2.75) is 33.9 Å². The molecule has 0 fully saturated rings. The molecule has 0 spiro atoms. The Labute approximate surface area is 209 Å². The van der Waals surface area contributed by atoms with Gasteiger partial charge in [0.05, 0.1) is 39.8 Å². The summed E-state index contributed by atoms with van der Waals surface area (Å²) >= 11 is 0. The summed E-state index contributed by atoms with van der Waals surface area (Å²) in [6.07, 6.45) is 1.63. The van der Waals surface area contributed by atoms with Gasteiger partial charge in [-0.05, 0) is 24.6 Å². The van der Waals surface area contributed by atoms with Crippen LogP contribution in [0.25, 0.3) is 11.2 Å². The molecule has 0 saturated carbocycles. The highest BCUT2D eigenvalue weighted by molar-refractivity contribution is 7.50. The number of fused-ring (bicyclic) bond motifs is 1. The monoisotopic (exact) mass is 526 g/mol. The Morgan fingerprint density at radius 1 is 1.33 bits per heavy atom. The van der Waals surface area contributed by atoms with E-state index < -0.39 is 25.6 Å². The van der Waals surface area contributed by atoms with Crippen molar-refractivity contribution in [2.24, 2.45) is 0 Å². The number of carbonyl (C=O) groups excluding carboxylic acids is 1. The van der Waals surface area contributed by atoms with Crippen molar-refractivity contribution in [1.82, 2.24) is 24.6 Å². The van der Waals surface area contributed by atoms with Gasteiger partial charge in [0.1, 0.15) is 14.6 Å². The van der Waals surface area contributed by atoms with Gasteiger partial charge in [0.25, 0.3) is 5.56 Å². The van der Waals surface area contributed by atoms with E-state index in [0.29, 0.717) is 17.8 Å². The van der Waals surface area contributed by atoms with Gasteiger partial charge >= 0.3 is 5.97 Å². The van der Waals surface area contributed by atoms with Crippen molar-refractivity contribution < 1.29 is 27.9 Å². The number of benzene rings is 1. The number of rotatable bonds is 13. The van der Waals surface area contributed by atoms with Crippen molar-refractivity contribution in [3.63, 3.8) is 0 Å². The minimum atomic E-state index is -1.40. The lowest BCUT2D eigenvalue weighted by Crippen LogP contribution is -2.23. The number of halogens is 1. The minimum absolute atomic E-state index is 0.00442. The number of imidazole rings is 1. The molecule has 3 aromatic rings. The van der Waals surface area contributed by atoms with E-state index in [1.165, 1.54) is 25.6 Å². The summed E-state index contributed by atoms with van der Waals surface area (Å²) in [5.41, 5.74) is 6.32. The number of carbonyl (C=O) groups is 1. The molecule has 0 bridgehead atoms. The summed E-state index contributed by atoms with van der Waals surface area (Å²) in [5.74, 6) is -0.785. The molecule has 4 N–H and O–H groups in total. The van der Waals surface area contributed by atoms with Gasteiger partial charge in [-0.15, -0.1) is 0 Å². The maximum Gasteiger partial charge on any atom is 0.320 e. The number of hydrogen-bond donors (Lipinski definition) is 3. The molecule has 0 saturated heterocycles. The molecule has 12 nitrogen and oxygen atoms in total. The number of hydrogen-bond acceptors (Lipinski definition) is 10. The second kappa shape index (κ2) is 15.1. The topological polar surface area (TPSA) is 156 Å². The van der Waals surface area contributed by atoms with E-state index in [0.717, 1.165) is 0 Å². The van der Waals surface area contributed by atoms with Crippen LogP contribution < -0.4 is 21.1 Å². The Balaban J connectivity index is 0.00000222. The van der Waals surface area contributed by atoms with Crippen molar-refractivity contribution in [3.05, 3.63) is 46.3 Å². The summed E-state index contributed by atoms with van der Waals surface area (Å²) in [5, 5.41) is 2.98. The summed E-state index contributed by atoms with van der Waals surface area (Å²) in [6, 6.07) is 4.52. The molecule has 0 amide bonds. The number of nitrogens with zero attached hydrogens (tertiary/aromatic N) is 3. The lowest BCUT2D eigenvalue weighted by molar-refractivity contribution is -0.141. The first-order valence-electron chi connectivity index (χ1n) is 11.3. The fourth-order valence-corrected chi connectivity index (χ4v) is 4.05. The first-order valence-corrected chi connectivity index (χ1v) is 12.8. The van der Waals surface area contributed by atoms with Gasteiger partial charge in [-0.2, -0.15) is 4.98 Å². The minimum Gasteiger partial charge on any atom is -0.494 e. The van der Waals surface area contributed by atoms with Crippen LogP contribution in [-0.4, -0.2) is 58.7 Å². The smallest absolute Gasteiger partial charge is 0.320 e. The van der Waals surface area contributed by atoms with Crippen molar-refractivity contribution in [3.8, 4) is 5.75 Å². The number of esters is 1. The molecule has 0 aliphatic heterocycles. The first kappa shape index (κ1) is 29.1. The maximum absolute atomic E-state index is 13.9. The van der Waals surface area contributed by atoms with E-state index in [9.17, 15) is 14.0 Å². The molecule has 36 heavy (non-hydrogen) atoms. The van der Waals surface area contributed by atoms with Crippen LogP contribution in [0.1, 0.15) is 26.3 Å². The summed E-state index contributed by atoms with van der Waals surface area (Å²) in [6.45, 7) is 6.63. The standard InChI is InChI=1S/C20H26FN6O6P.C2H6/c1-3-32-16(28)9-24-34(33-10-13-4-5-15(30-2)14(21)8-13)12-31-7-6-27-11-23-17-18(27)25-20(22)26-19(17)29;1-2/h4-5,8,11,24H,3,6-7,9-10,12H2,1-2H3,(H3,22,25,26,29);1-2H3. The van der Waals surface area contributed by atoms with Crippen LogP contribution in [0, 0.1) is 5.82 Å². The van der Waals surface area contributed by atoms with Crippen molar-refractivity contribution in [2.75, 3.05) is 38.9 Å². The van der Waals surface area contributed by atoms with E-state index in [1.54, 1.807) is 17.6 Å². The molecule has 2 heterocycles. The van der Waals surface area contributed by atoms with Crippen LogP contribution in [-0.2, 0) is 31.9 Å². The predicted octanol–water partition coefficient (Wildman–Crippen LogP) is 2.53. The molecule has 198 valence electrons. The number of aromatic nitrogens is 4.